The number of benzene rings is 1. The van der Waals surface area contributed by atoms with Gasteiger partial charge in [0.2, 0.25) is 10.0 Å². The molecule has 0 spiro atoms. The van der Waals surface area contributed by atoms with Crippen molar-refractivity contribution in [3.05, 3.63) is 23.8 Å². The molecule has 1 aromatic rings. The number of nitrogens with two attached hydrogens (primary N) is 1. The monoisotopic (exact) mass is 314 g/mol. The molecule has 0 aromatic heterocycles. The van der Waals surface area contributed by atoms with E-state index in [2.05, 4.69) is 0 Å². The van der Waals surface area contributed by atoms with Crippen molar-refractivity contribution >= 4 is 15.9 Å². The number of amides is 1. The number of phenolic OH excluding ortho intramolecular Hbond substituents is 1. The molecule has 2 rings (SSSR count). The fourth-order valence-electron chi connectivity index (χ4n) is 2.37. The Morgan fingerprint density at radius 3 is 2.81 bits per heavy atom. The lowest BCUT2D eigenvalue weighted by atomic mass is 10.1. The number of aromatic hydroxyl groups is 1. The summed E-state index contributed by atoms with van der Waals surface area (Å²) >= 11 is 0. The highest BCUT2D eigenvalue weighted by Crippen LogP contribution is 2.26. The second-order valence-corrected chi connectivity index (χ2v) is 6.83. The second kappa shape index (κ2) is 5.90. The van der Waals surface area contributed by atoms with Crippen molar-refractivity contribution in [2.24, 2.45) is 5.14 Å². The summed E-state index contributed by atoms with van der Waals surface area (Å²) in [6.45, 7) is 0.468. The number of rotatable bonds is 3. The topological polar surface area (TPSA) is 110 Å². The lowest BCUT2D eigenvalue weighted by Crippen LogP contribution is -2.47. The molecular weight excluding hydrogens is 296 g/mol. The molecule has 1 fully saturated rings. The average Bonchev–Trinajstić information content (AvgIpc) is 2.46. The van der Waals surface area contributed by atoms with Gasteiger partial charge in [-0.15, -0.1) is 0 Å². The van der Waals surface area contributed by atoms with Gasteiger partial charge in [0.05, 0.1) is 17.9 Å². The van der Waals surface area contributed by atoms with Gasteiger partial charge in [0, 0.05) is 13.1 Å². The molecule has 0 bridgehead atoms. The van der Waals surface area contributed by atoms with Crippen LogP contribution in [0, 0.1) is 0 Å². The van der Waals surface area contributed by atoms with Crippen molar-refractivity contribution in [3.63, 3.8) is 0 Å². The summed E-state index contributed by atoms with van der Waals surface area (Å²) in [5.74, 6) is -0.158. The van der Waals surface area contributed by atoms with E-state index in [1.165, 1.54) is 30.2 Å². The smallest absolute Gasteiger partial charge is 0.257 e. The maximum atomic E-state index is 12.4. The number of phenols is 1. The van der Waals surface area contributed by atoms with Crippen molar-refractivity contribution < 1.29 is 23.1 Å². The lowest BCUT2D eigenvalue weighted by molar-refractivity contribution is 0.0723. The Kier molecular flexibility index (Phi) is 4.38. The first-order chi connectivity index (χ1) is 9.82. The molecule has 1 aliphatic heterocycles. The first-order valence-corrected chi connectivity index (χ1v) is 8.11. The van der Waals surface area contributed by atoms with Gasteiger partial charge >= 0.3 is 0 Å². The van der Waals surface area contributed by atoms with Crippen LogP contribution in [0.2, 0.25) is 0 Å². The maximum Gasteiger partial charge on any atom is 0.257 e. The van der Waals surface area contributed by atoms with E-state index in [0.29, 0.717) is 25.1 Å². The van der Waals surface area contributed by atoms with E-state index in [1.807, 2.05) is 0 Å². The van der Waals surface area contributed by atoms with Crippen LogP contribution in [-0.4, -0.2) is 49.8 Å². The van der Waals surface area contributed by atoms with E-state index in [0.717, 1.165) is 0 Å². The predicted molar refractivity (Wildman–Crippen MR) is 76.7 cm³/mol. The van der Waals surface area contributed by atoms with Gasteiger partial charge in [0.15, 0.2) is 0 Å². The summed E-state index contributed by atoms with van der Waals surface area (Å²) in [5.41, 5.74) is 0.0874. The van der Waals surface area contributed by atoms with Crippen LogP contribution in [0.25, 0.3) is 0 Å². The van der Waals surface area contributed by atoms with Gasteiger partial charge < -0.3 is 14.7 Å². The van der Waals surface area contributed by atoms with Gasteiger partial charge in [0.25, 0.3) is 5.91 Å². The fraction of sp³-hybridized carbons (Fsp3) is 0.462. The molecule has 1 saturated heterocycles. The van der Waals surface area contributed by atoms with E-state index in [-0.39, 0.29) is 17.9 Å². The largest absolute Gasteiger partial charge is 0.507 e. The van der Waals surface area contributed by atoms with E-state index in [4.69, 9.17) is 9.88 Å². The van der Waals surface area contributed by atoms with Crippen LogP contribution in [0.4, 0.5) is 0 Å². The molecule has 1 atom stereocenters. The summed E-state index contributed by atoms with van der Waals surface area (Å²) in [5, 5.41) is 14.2. The minimum absolute atomic E-state index is 0.0360. The Balaban J connectivity index is 2.24. The molecule has 1 aromatic carbocycles. The molecule has 0 aliphatic carbocycles. The zero-order chi connectivity index (χ0) is 15.6. The highest BCUT2D eigenvalue weighted by molar-refractivity contribution is 7.89. The summed E-state index contributed by atoms with van der Waals surface area (Å²) in [4.78, 5) is 13.8. The van der Waals surface area contributed by atoms with Crippen molar-refractivity contribution in [3.8, 4) is 11.5 Å². The molecular formula is C13H18N2O5S. The van der Waals surface area contributed by atoms with Crippen molar-refractivity contribution in [2.45, 2.75) is 18.1 Å². The number of carbonyl (C=O) groups is 1. The second-order valence-electron chi connectivity index (χ2n) is 4.99. The van der Waals surface area contributed by atoms with E-state index in [9.17, 15) is 18.3 Å². The molecule has 7 nitrogen and oxygen atoms in total. The van der Waals surface area contributed by atoms with Crippen LogP contribution in [0.1, 0.15) is 23.2 Å². The quantitative estimate of drug-likeness (QED) is 0.833. The van der Waals surface area contributed by atoms with Crippen molar-refractivity contribution in [1.29, 1.82) is 0 Å². The Labute approximate surface area is 123 Å². The van der Waals surface area contributed by atoms with Gasteiger partial charge in [-0.2, -0.15) is 0 Å². The Morgan fingerprint density at radius 1 is 1.48 bits per heavy atom. The maximum absolute atomic E-state index is 12.4. The average molecular weight is 314 g/mol. The van der Waals surface area contributed by atoms with Crippen LogP contribution >= 0.6 is 0 Å². The summed E-state index contributed by atoms with van der Waals surface area (Å²) in [6, 6.07) is 4.33. The molecule has 1 aliphatic rings. The third-order valence-corrected chi connectivity index (χ3v) is 4.88. The number of primary sulfonamides is 1. The Hall–Kier alpha value is -1.80. The zero-order valence-electron chi connectivity index (χ0n) is 11.7. The number of carbonyl (C=O) groups excluding carboxylic acids is 1. The standard InChI is InChI=1S/C13H18N2O5S/c1-20-9-4-5-12(16)11(7-9)13(17)15-6-2-3-10(8-15)21(14,18)19/h4-5,7,10,16H,2-3,6,8H2,1H3,(H2,14,18,19). The number of nitrogens with zero attached hydrogens (tertiary/aromatic N) is 1. The number of methoxy groups -OCH3 is 1. The van der Waals surface area contributed by atoms with E-state index >= 15 is 0 Å². The highest BCUT2D eigenvalue weighted by atomic mass is 32.2. The Morgan fingerprint density at radius 2 is 2.19 bits per heavy atom. The van der Waals surface area contributed by atoms with Crippen LogP contribution in [0.15, 0.2) is 18.2 Å². The fourth-order valence-corrected chi connectivity index (χ4v) is 3.26. The Bertz CT molecular complexity index is 644. The van der Waals surface area contributed by atoms with Gasteiger partial charge in [-0.25, -0.2) is 13.6 Å². The van der Waals surface area contributed by atoms with Gasteiger partial charge in [-0.1, -0.05) is 0 Å². The number of ether oxygens (including phenoxy) is 1. The number of likely N-dealkylation sites (tertiary alicyclic amines) is 1. The van der Waals surface area contributed by atoms with Crippen LogP contribution in [0.5, 0.6) is 11.5 Å². The molecule has 1 heterocycles. The molecule has 21 heavy (non-hydrogen) atoms. The van der Waals surface area contributed by atoms with Crippen molar-refractivity contribution in [1.82, 2.24) is 4.90 Å². The van der Waals surface area contributed by atoms with Crippen LogP contribution < -0.4 is 9.88 Å². The van der Waals surface area contributed by atoms with Gasteiger partial charge in [0.1, 0.15) is 11.5 Å². The van der Waals surface area contributed by atoms with Crippen LogP contribution in [0.3, 0.4) is 0 Å². The summed E-state index contributed by atoms with van der Waals surface area (Å²) in [6.07, 6.45) is 0.990. The molecule has 116 valence electrons. The van der Waals surface area contributed by atoms with E-state index in [1.54, 1.807) is 0 Å². The lowest BCUT2D eigenvalue weighted by Gasteiger charge is -2.31. The summed E-state index contributed by atoms with van der Waals surface area (Å²) < 4.78 is 27.9. The third kappa shape index (κ3) is 3.45. The number of hydrogen-bond donors (Lipinski definition) is 2. The number of hydrogen-bond acceptors (Lipinski definition) is 5. The van der Waals surface area contributed by atoms with Gasteiger partial charge in [-0.05, 0) is 31.0 Å². The molecule has 8 heteroatoms. The molecule has 0 radical (unpaired) electrons. The summed E-state index contributed by atoms with van der Waals surface area (Å²) in [7, 11) is -2.22. The SMILES string of the molecule is COc1ccc(O)c(C(=O)N2CCCC(S(N)(=O)=O)C2)c1. The molecule has 1 amide bonds. The minimum Gasteiger partial charge on any atom is -0.507 e. The normalized spacial score (nSPS) is 19.3. The first kappa shape index (κ1) is 15.6. The van der Waals surface area contributed by atoms with Gasteiger partial charge in [-0.3, -0.25) is 4.79 Å². The van der Waals surface area contributed by atoms with Crippen LogP contribution in [-0.2, 0) is 10.0 Å². The zero-order valence-corrected chi connectivity index (χ0v) is 12.5. The number of sulfonamides is 1. The molecule has 1 unspecified atom stereocenters. The molecule has 3 N–H and O–H groups in total. The van der Waals surface area contributed by atoms with Crippen molar-refractivity contribution in [2.75, 3.05) is 20.2 Å². The molecule has 0 saturated carbocycles. The first-order valence-electron chi connectivity index (χ1n) is 6.51. The predicted octanol–water partition coefficient (Wildman–Crippen LogP) is 0.294. The highest BCUT2D eigenvalue weighted by Gasteiger charge is 2.31. The minimum atomic E-state index is -3.68. The third-order valence-electron chi connectivity index (χ3n) is 3.56. The van der Waals surface area contributed by atoms with E-state index < -0.39 is 21.2 Å². The number of piperidine rings is 1.